The van der Waals surface area contributed by atoms with Crippen molar-refractivity contribution in [2.24, 2.45) is 5.41 Å². The molecule has 0 bridgehead atoms. The molecule has 0 amide bonds. The minimum atomic E-state index is -0.698. The average Bonchev–Trinajstić information content (AvgIpc) is 2.72. The van der Waals surface area contributed by atoms with E-state index in [0.29, 0.717) is 13.0 Å². The Kier molecular flexibility index (Phi) is 3.57. The molecule has 1 atom stereocenters. The van der Waals surface area contributed by atoms with Crippen molar-refractivity contribution in [3.05, 3.63) is 29.8 Å². The second-order valence-corrected chi connectivity index (χ2v) is 5.18. The molecule has 1 aliphatic rings. The molecule has 4 heteroatoms. The Bertz CT molecular complexity index is 446. The summed E-state index contributed by atoms with van der Waals surface area (Å²) in [5.74, 6) is 0.142. The zero-order valence-electron chi connectivity index (χ0n) is 10.8. The van der Waals surface area contributed by atoms with Gasteiger partial charge in [0.1, 0.15) is 5.75 Å². The Hall–Kier alpha value is -1.55. The number of hydrogen-bond acceptors (Lipinski definition) is 3. The largest absolute Gasteiger partial charge is 0.497 e. The number of likely N-dealkylation sites (tertiary alicyclic amines) is 1. The first-order valence-corrected chi connectivity index (χ1v) is 6.12. The summed E-state index contributed by atoms with van der Waals surface area (Å²) in [6, 6.07) is 7.91. The van der Waals surface area contributed by atoms with Crippen molar-refractivity contribution in [1.29, 1.82) is 0 Å². The van der Waals surface area contributed by atoms with E-state index in [0.717, 1.165) is 24.4 Å². The third-order valence-electron chi connectivity index (χ3n) is 3.61. The molecule has 0 saturated carbocycles. The van der Waals surface area contributed by atoms with Gasteiger partial charge in [0.05, 0.1) is 12.5 Å². The lowest BCUT2D eigenvalue weighted by Gasteiger charge is -2.20. The Labute approximate surface area is 107 Å². The van der Waals surface area contributed by atoms with E-state index in [1.165, 1.54) is 0 Å². The van der Waals surface area contributed by atoms with Crippen LogP contribution in [0.1, 0.15) is 18.9 Å². The van der Waals surface area contributed by atoms with Crippen LogP contribution in [-0.2, 0) is 11.3 Å². The quantitative estimate of drug-likeness (QED) is 0.886. The van der Waals surface area contributed by atoms with Crippen molar-refractivity contribution >= 4 is 5.97 Å². The second-order valence-electron chi connectivity index (χ2n) is 5.18. The summed E-state index contributed by atoms with van der Waals surface area (Å²) in [5.41, 5.74) is 0.558. The van der Waals surface area contributed by atoms with Gasteiger partial charge in [-0.25, -0.2) is 0 Å². The third-order valence-corrected chi connectivity index (χ3v) is 3.61. The number of benzene rings is 1. The van der Waals surface area contributed by atoms with Crippen LogP contribution in [0.2, 0.25) is 0 Å². The highest BCUT2D eigenvalue weighted by molar-refractivity contribution is 5.74. The minimum absolute atomic E-state index is 0.598. The molecule has 1 saturated heterocycles. The van der Waals surface area contributed by atoms with Gasteiger partial charge in [0.15, 0.2) is 0 Å². The van der Waals surface area contributed by atoms with Gasteiger partial charge in [0, 0.05) is 13.1 Å². The van der Waals surface area contributed by atoms with Crippen LogP contribution in [0.25, 0.3) is 0 Å². The van der Waals surface area contributed by atoms with Crippen molar-refractivity contribution in [1.82, 2.24) is 4.90 Å². The van der Waals surface area contributed by atoms with E-state index >= 15 is 0 Å². The van der Waals surface area contributed by atoms with Gasteiger partial charge in [-0.2, -0.15) is 0 Å². The lowest BCUT2D eigenvalue weighted by atomic mass is 9.90. The fraction of sp³-hybridized carbons (Fsp3) is 0.500. The van der Waals surface area contributed by atoms with E-state index in [1.807, 2.05) is 31.2 Å². The summed E-state index contributed by atoms with van der Waals surface area (Å²) in [4.78, 5) is 13.4. The van der Waals surface area contributed by atoms with E-state index in [9.17, 15) is 9.90 Å². The van der Waals surface area contributed by atoms with Crippen molar-refractivity contribution in [3.8, 4) is 5.75 Å². The molecule has 0 radical (unpaired) electrons. The zero-order valence-corrected chi connectivity index (χ0v) is 10.8. The number of methoxy groups -OCH3 is 1. The number of ether oxygens (including phenoxy) is 1. The molecule has 1 N–H and O–H groups in total. The van der Waals surface area contributed by atoms with Crippen LogP contribution in [0.5, 0.6) is 5.75 Å². The van der Waals surface area contributed by atoms with Crippen LogP contribution in [0.4, 0.5) is 0 Å². The third kappa shape index (κ3) is 2.64. The molecule has 0 aliphatic carbocycles. The normalized spacial score (nSPS) is 24.1. The van der Waals surface area contributed by atoms with Gasteiger partial charge in [-0.05, 0) is 37.6 Å². The van der Waals surface area contributed by atoms with E-state index in [1.54, 1.807) is 7.11 Å². The van der Waals surface area contributed by atoms with Gasteiger partial charge in [-0.15, -0.1) is 0 Å². The van der Waals surface area contributed by atoms with Crippen LogP contribution >= 0.6 is 0 Å². The highest BCUT2D eigenvalue weighted by Gasteiger charge is 2.40. The standard InChI is InChI=1S/C14H19NO3/c1-14(13(16)17)6-7-15(10-14)9-11-4-3-5-12(8-11)18-2/h3-5,8H,6-7,9-10H2,1-2H3,(H,16,17). The van der Waals surface area contributed by atoms with Gasteiger partial charge in [-0.1, -0.05) is 12.1 Å². The van der Waals surface area contributed by atoms with E-state index in [-0.39, 0.29) is 0 Å². The van der Waals surface area contributed by atoms with Crippen LogP contribution in [0.15, 0.2) is 24.3 Å². The van der Waals surface area contributed by atoms with E-state index in [2.05, 4.69) is 4.90 Å². The van der Waals surface area contributed by atoms with Crippen molar-refractivity contribution in [3.63, 3.8) is 0 Å². The summed E-state index contributed by atoms with van der Waals surface area (Å²) < 4.78 is 5.19. The Morgan fingerprint density at radius 3 is 2.94 bits per heavy atom. The second kappa shape index (κ2) is 4.98. The molecule has 1 heterocycles. The molecule has 4 nitrogen and oxygen atoms in total. The van der Waals surface area contributed by atoms with Crippen LogP contribution in [0.3, 0.4) is 0 Å². The summed E-state index contributed by atoms with van der Waals surface area (Å²) in [7, 11) is 1.65. The average molecular weight is 249 g/mol. The van der Waals surface area contributed by atoms with E-state index < -0.39 is 11.4 Å². The van der Waals surface area contributed by atoms with Crippen LogP contribution < -0.4 is 4.74 Å². The lowest BCUT2D eigenvalue weighted by molar-refractivity contribution is -0.147. The summed E-state index contributed by atoms with van der Waals surface area (Å²) >= 11 is 0. The summed E-state index contributed by atoms with van der Waals surface area (Å²) in [6.07, 6.45) is 0.715. The number of rotatable bonds is 4. The van der Waals surface area contributed by atoms with E-state index in [4.69, 9.17) is 4.74 Å². The maximum absolute atomic E-state index is 11.2. The lowest BCUT2D eigenvalue weighted by Crippen LogP contribution is -2.31. The fourth-order valence-corrected chi connectivity index (χ4v) is 2.40. The Morgan fingerprint density at radius 2 is 2.33 bits per heavy atom. The highest BCUT2D eigenvalue weighted by atomic mass is 16.5. The van der Waals surface area contributed by atoms with Crippen molar-refractivity contribution < 1.29 is 14.6 Å². The van der Waals surface area contributed by atoms with Gasteiger partial charge < -0.3 is 9.84 Å². The molecular weight excluding hydrogens is 230 g/mol. The Morgan fingerprint density at radius 1 is 1.56 bits per heavy atom. The molecule has 2 rings (SSSR count). The Balaban J connectivity index is 2.01. The number of carbonyl (C=O) groups is 1. The SMILES string of the molecule is COc1cccc(CN2CCC(C)(C(=O)O)C2)c1. The summed E-state index contributed by atoms with van der Waals surface area (Å²) in [6.45, 7) is 4.04. The number of carboxylic acid groups (broad SMARTS) is 1. The minimum Gasteiger partial charge on any atom is -0.497 e. The molecule has 1 aromatic rings. The monoisotopic (exact) mass is 249 g/mol. The van der Waals surface area contributed by atoms with Crippen LogP contribution in [0, 0.1) is 5.41 Å². The number of nitrogens with zero attached hydrogens (tertiary/aromatic N) is 1. The molecule has 1 aromatic carbocycles. The highest BCUT2D eigenvalue weighted by Crippen LogP contribution is 2.31. The first-order valence-electron chi connectivity index (χ1n) is 6.12. The maximum atomic E-state index is 11.2. The molecule has 0 aromatic heterocycles. The maximum Gasteiger partial charge on any atom is 0.310 e. The molecule has 1 fully saturated rings. The number of hydrogen-bond donors (Lipinski definition) is 1. The predicted molar refractivity (Wildman–Crippen MR) is 68.6 cm³/mol. The molecule has 1 aliphatic heterocycles. The molecule has 0 spiro atoms. The number of aliphatic carboxylic acids is 1. The van der Waals surface area contributed by atoms with Gasteiger partial charge in [-0.3, -0.25) is 9.69 Å². The predicted octanol–water partition coefficient (Wildman–Crippen LogP) is 1.99. The molecule has 1 unspecified atom stereocenters. The zero-order chi connectivity index (χ0) is 13.2. The molecular formula is C14H19NO3. The van der Waals surface area contributed by atoms with Gasteiger partial charge in [0.25, 0.3) is 0 Å². The smallest absolute Gasteiger partial charge is 0.310 e. The first-order chi connectivity index (χ1) is 8.53. The molecule has 98 valence electrons. The topological polar surface area (TPSA) is 49.8 Å². The van der Waals surface area contributed by atoms with Gasteiger partial charge >= 0.3 is 5.97 Å². The first kappa shape index (κ1) is 12.9. The number of carboxylic acids is 1. The molecule has 18 heavy (non-hydrogen) atoms. The van der Waals surface area contributed by atoms with Gasteiger partial charge in [0.2, 0.25) is 0 Å². The van der Waals surface area contributed by atoms with Crippen molar-refractivity contribution in [2.45, 2.75) is 19.9 Å². The fourth-order valence-electron chi connectivity index (χ4n) is 2.40. The summed E-state index contributed by atoms with van der Waals surface area (Å²) in [5, 5.41) is 9.19. The van der Waals surface area contributed by atoms with Crippen molar-refractivity contribution in [2.75, 3.05) is 20.2 Å². The van der Waals surface area contributed by atoms with Crippen LogP contribution in [-0.4, -0.2) is 36.2 Å².